The zero-order chi connectivity index (χ0) is 19.5. The van der Waals surface area contributed by atoms with Crippen LogP contribution in [0.1, 0.15) is 73.6 Å². The number of carbonyl (C=O) groups excluding carboxylic acids is 2. The van der Waals surface area contributed by atoms with Crippen molar-refractivity contribution in [3.05, 3.63) is 12.7 Å². The van der Waals surface area contributed by atoms with Gasteiger partial charge in [0.25, 0.3) is 0 Å². The number of esters is 1. The summed E-state index contributed by atoms with van der Waals surface area (Å²) in [7, 11) is 0. The van der Waals surface area contributed by atoms with Crippen LogP contribution in [-0.4, -0.2) is 29.1 Å². The second kappa shape index (κ2) is 5.92. The molecule has 0 N–H and O–H groups in total. The van der Waals surface area contributed by atoms with Gasteiger partial charge in [0, 0.05) is 18.8 Å². The largest absolute Gasteiger partial charge is 0.459 e. The fraction of sp³-hybridized carbons (Fsp3) is 0.818. The van der Waals surface area contributed by atoms with Crippen molar-refractivity contribution in [2.75, 3.05) is 0 Å². The topological polar surface area (TPSA) is 52.6 Å². The van der Waals surface area contributed by atoms with Gasteiger partial charge in [0.05, 0.1) is 5.60 Å². The molecule has 0 aromatic heterocycles. The summed E-state index contributed by atoms with van der Waals surface area (Å²) in [6, 6.07) is 0. The summed E-state index contributed by atoms with van der Waals surface area (Å²) in [5.41, 5.74) is -1.36. The van der Waals surface area contributed by atoms with E-state index < -0.39 is 16.6 Å². The highest BCUT2D eigenvalue weighted by molar-refractivity contribution is 5.85. The molecule has 26 heavy (non-hydrogen) atoms. The third kappa shape index (κ3) is 2.67. The van der Waals surface area contributed by atoms with Gasteiger partial charge in [-0.15, -0.1) is 6.58 Å². The van der Waals surface area contributed by atoms with E-state index in [2.05, 4.69) is 41.2 Å². The van der Waals surface area contributed by atoms with Crippen molar-refractivity contribution in [2.24, 2.45) is 22.7 Å². The minimum absolute atomic E-state index is 0.00527. The van der Waals surface area contributed by atoms with Gasteiger partial charge in [-0.3, -0.25) is 9.59 Å². The average Bonchev–Trinajstić information content (AvgIpc) is 2.53. The molecule has 3 rings (SSSR count). The second-order valence-electron chi connectivity index (χ2n) is 9.93. The van der Waals surface area contributed by atoms with Crippen LogP contribution in [0, 0.1) is 22.7 Å². The van der Waals surface area contributed by atoms with Gasteiger partial charge in [0.15, 0.2) is 0 Å². The number of rotatable bonds is 2. The number of ether oxygens (including phenoxy) is 2. The van der Waals surface area contributed by atoms with Crippen LogP contribution < -0.4 is 0 Å². The molecule has 1 heterocycles. The van der Waals surface area contributed by atoms with E-state index >= 15 is 0 Å². The highest BCUT2D eigenvalue weighted by Crippen LogP contribution is 2.65. The number of carbonyl (C=O) groups is 2. The first kappa shape index (κ1) is 19.6. The van der Waals surface area contributed by atoms with E-state index in [4.69, 9.17) is 9.47 Å². The van der Waals surface area contributed by atoms with Crippen molar-refractivity contribution in [1.82, 2.24) is 0 Å². The Balaban J connectivity index is 2.08. The first-order chi connectivity index (χ1) is 11.9. The van der Waals surface area contributed by atoms with Crippen LogP contribution in [-0.2, 0) is 19.1 Å². The Labute approximate surface area is 157 Å². The lowest BCUT2D eigenvalue weighted by atomic mass is 9.43. The fourth-order valence-electron chi connectivity index (χ4n) is 6.45. The van der Waals surface area contributed by atoms with Gasteiger partial charge in [-0.1, -0.05) is 26.8 Å². The van der Waals surface area contributed by atoms with E-state index in [1.807, 2.05) is 6.08 Å². The van der Waals surface area contributed by atoms with Crippen LogP contribution in [0.3, 0.4) is 0 Å². The molecule has 1 saturated heterocycles. The lowest BCUT2D eigenvalue weighted by Gasteiger charge is -2.66. The Morgan fingerprint density at radius 3 is 2.42 bits per heavy atom. The van der Waals surface area contributed by atoms with Crippen molar-refractivity contribution >= 4 is 11.8 Å². The van der Waals surface area contributed by atoms with Crippen molar-refractivity contribution < 1.29 is 19.1 Å². The molecule has 0 radical (unpaired) electrons. The van der Waals surface area contributed by atoms with Gasteiger partial charge in [0.2, 0.25) is 0 Å². The van der Waals surface area contributed by atoms with E-state index in [-0.39, 0.29) is 29.3 Å². The maximum atomic E-state index is 12.7. The number of hydrogen-bond acceptors (Lipinski definition) is 4. The third-order valence-electron chi connectivity index (χ3n) is 7.98. The molecule has 0 spiro atoms. The average molecular weight is 363 g/mol. The lowest BCUT2D eigenvalue weighted by molar-refractivity contribution is -0.290. The highest BCUT2D eigenvalue weighted by atomic mass is 16.6. The van der Waals surface area contributed by atoms with Gasteiger partial charge in [-0.2, -0.15) is 0 Å². The standard InChI is InChI=1S/C22H34O4/c1-8-20(5)11-9-15-21(6)12-10-17(24)19(3,4)16(21)13-18(25-14(2)23)22(15,7)26-20/h8,15-16,18H,1,9-13H2,2-7H3/t15-,16+,18+,20-,21-,22+/m0/s1. The first-order valence-corrected chi connectivity index (χ1v) is 9.93. The van der Waals surface area contributed by atoms with Crippen LogP contribution >= 0.6 is 0 Å². The maximum absolute atomic E-state index is 12.7. The van der Waals surface area contributed by atoms with E-state index in [9.17, 15) is 9.59 Å². The molecule has 0 bridgehead atoms. The van der Waals surface area contributed by atoms with Crippen LogP contribution in [0.2, 0.25) is 0 Å². The van der Waals surface area contributed by atoms with E-state index in [0.717, 1.165) is 19.3 Å². The molecule has 2 saturated carbocycles. The molecular formula is C22H34O4. The summed E-state index contributed by atoms with van der Waals surface area (Å²) >= 11 is 0. The van der Waals surface area contributed by atoms with Crippen LogP contribution in [0.4, 0.5) is 0 Å². The fourth-order valence-corrected chi connectivity index (χ4v) is 6.45. The SMILES string of the molecule is C=C[C@@]1(C)CC[C@H]2[C@]3(C)CCC(=O)C(C)(C)[C@H]3C[C@@H](OC(C)=O)[C@]2(C)O1. The second-order valence-corrected chi connectivity index (χ2v) is 9.93. The Kier molecular flexibility index (Phi) is 4.46. The monoisotopic (exact) mass is 362 g/mol. The Morgan fingerprint density at radius 2 is 1.85 bits per heavy atom. The molecule has 2 aliphatic carbocycles. The Hall–Kier alpha value is -1.16. The first-order valence-electron chi connectivity index (χ1n) is 9.93. The van der Waals surface area contributed by atoms with E-state index in [1.54, 1.807) is 0 Å². The summed E-state index contributed by atoms with van der Waals surface area (Å²) in [6.45, 7) is 16.1. The molecule has 4 nitrogen and oxygen atoms in total. The van der Waals surface area contributed by atoms with Crippen LogP contribution in [0.5, 0.6) is 0 Å². The number of hydrogen-bond donors (Lipinski definition) is 0. The molecule has 6 atom stereocenters. The molecule has 0 amide bonds. The summed E-state index contributed by atoms with van der Waals surface area (Å²) in [6.07, 6.45) is 5.63. The third-order valence-corrected chi connectivity index (χ3v) is 7.98. The van der Waals surface area contributed by atoms with Crippen molar-refractivity contribution in [3.63, 3.8) is 0 Å². The molecule has 146 valence electrons. The molecule has 0 aromatic rings. The number of Topliss-reactive ketones (excluding diaryl/α,β-unsaturated/α-hetero) is 1. The zero-order valence-corrected chi connectivity index (χ0v) is 17.2. The van der Waals surface area contributed by atoms with Gasteiger partial charge in [-0.25, -0.2) is 0 Å². The summed E-state index contributed by atoms with van der Waals surface area (Å²) in [5.74, 6) is 0.486. The van der Waals surface area contributed by atoms with Gasteiger partial charge >= 0.3 is 5.97 Å². The van der Waals surface area contributed by atoms with E-state index in [1.165, 1.54) is 6.92 Å². The minimum Gasteiger partial charge on any atom is -0.459 e. The molecule has 3 fully saturated rings. The van der Waals surface area contributed by atoms with E-state index in [0.29, 0.717) is 18.6 Å². The zero-order valence-electron chi connectivity index (χ0n) is 17.2. The predicted molar refractivity (Wildman–Crippen MR) is 101 cm³/mol. The molecule has 3 aliphatic rings. The van der Waals surface area contributed by atoms with Crippen molar-refractivity contribution in [2.45, 2.75) is 91.0 Å². The van der Waals surface area contributed by atoms with Crippen LogP contribution in [0.15, 0.2) is 12.7 Å². The normalized spacial score (nSPS) is 47.5. The lowest BCUT2D eigenvalue weighted by Crippen LogP contribution is -2.69. The Morgan fingerprint density at radius 1 is 1.19 bits per heavy atom. The predicted octanol–water partition coefficient (Wildman–Crippen LogP) is 4.46. The summed E-state index contributed by atoms with van der Waals surface area (Å²) in [5, 5.41) is 0. The maximum Gasteiger partial charge on any atom is 0.303 e. The van der Waals surface area contributed by atoms with Crippen molar-refractivity contribution in [3.8, 4) is 0 Å². The van der Waals surface area contributed by atoms with Gasteiger partial charge in [-0.05, 0) is 56.8 Å². The quantitative estimate of drug-likeness (QED) is 0.537. The van der Waals surface area contributed by atoms with Crippen LogP contribution in [0.25, 0.3) is 0 Å². The van der Waals surface area contributed by atoms with Crippen molar-refractivity contribution in [1.29, 1.82) is 0 Å². The minimum atomic E-state index is -0.561. The Bertz CT molecular complexity index is 638. The molecule has 0 aromatic carbocycles. The molecule has 4 heteroatoms. The molecule has 0 unspecified atom stereocenters. The van der Waals surface area contributed by atoms with Gasteiger partial charge < -0.3 is 9.47 Å². The summed E-state index contributed by atoms with van der Waals surface area (Å²) in [4.78, 5) is 24.5. The smallest absolute Gasteiger partial charge is 0.303 e. The highest BCUT2D eigenvalue weighted by Gasteiger charge is 2.67. The number of ketones is 1. The summed E-state index contributed by atoms with van der Waals surface area (Å²) < 4.78 is 12.5. The molecule has 1 aliphatic heterocycles. The van der Waals surface area contributed by atoms with Gasteiger partial charge in [0.1, 0.15) is 17.5 Å². The molecular weight excluding hydrogens is 328 g/mol. The number of fused-ring (bicyclic) bond motifs is 3.